The molecular formula is C21H30N6O. The second-order valence-electron chi connectivity index (χ2n) is 7.47. The van der Waals surface area contributed by atoms with Gasteiger partial charge in [-0.05, 0) is 43.8 Å². The fourth-order valence-corrected chi connectivity index (χ4v) is 3.82. The lowest BCUT2D eigenvalue weighted by molar-refractivity contribution is 0.133. The van der Waals surface area contributed by atoms with E-state index >= 15 is 0 Å². The van der Waals surface area contributed by atoms with Crippen molar-refractivity contribution in [2.45, 2.75) is 26.2 Å². The van der Waals surface area contributed by atoms with Crippen LogP contribution in [0.15, 0.2) is 36.5 Å². The van der Waals surface area contributed by atoms with Gasteiger partial charge in [0.25, 0.3) is 0 Å². The average Bonchev–Trinajstić information content (AvgIpc) is 3.16. The zero-order chi connectivity index (χ0) is 19.4. The van der Waals surface area contributed by atoms with Gasteiger partial charge in [0.1, 0.15) is 23.8 Å². The minimum absolute atomic E-state index is 0. The molecule has 0 aromatic carbocycles. The Bertz CT molecular complexity index is 900. The summed E-state index contributed by atoms with van der Waals surface area (Å²) in [7, 11) is 0. The van der Waals surface area contributed by atoms with E-state index in [1.54, 1.807) is 18.6 Å². The summed E-state index contributed by atoms with van der Waals surface area (Å²) in [5, 5.41) is 3.23. The molecule has 0 bridgehead atoms. The van der Waals surface area contributed by atoms with Gasteiger partial charge in [0.2, 0.25) is 0 Å². The number of aromatic nitrogens is 3. The topological polar surface area (TPSA) is 89.2 Å². The van der Waals surface area contributed by atoms with Crippen molar-refractivity contribution in [3.63, 3.8) is 0 Å². The number of hydrogen-bond acceptors (Lipinski definition) is 7. The van der Waals surface area contributed by atoms with Gasteiger partial charge in [-0.2, -0.15) is 0 Å². The van der Waals surface area contributed by atoms with Crippen LogP contribution in [0.25, 0.3) is 6.08 Å². The maximum Gasteiger partial charge on any atom is 0.137 e. The number of piperidine rings is 1. The Balaban J connectivity index is 0.00000160. The van der Waals surface area contributed by atoms with Crippen molar-refractivity contribution in [3.05, 3.63) is 42.0 Å². The summed E-state index contributed by atoms with van der Waals surface area (Å²) in [5.74, 6) is 2.30. The lowest BCUT2D eigenvalue weighted by Crippen LogP contribution is -2.40. The zero-order valence-corrected chi connectivity index (χ0v) is 16.2. The number of nitrogens with zero attached hydrogens (tertiary/aromatic N) is 4. The number of allylic oxidation sites excluding steroid dienone is 1. The number of ether oxygens (including phenoxy) is 1. The Morgan fingerprint density at radius 3 is 2.75 bits per heavy atom. The summed E-state index contributed by atoms with van der Waals surface area (Å²) < 4.78 is 5.62. The summed E-state index contributed by atoms with van der Waals surface area (Å²) in [6, 6.07) is 3.77. The van der Waals surface area contributed by atoms with Crippen LogP contribution in [0.1, 0.15) is 34.6 Å². The van der Waals surface area contributed by atoms with Crippen molar-refractivity contribution in [1.82, 2.24) is 15.0 Å². The summed E-state index contributed by atoms with van der Waals surface area (Å²) in [5.41, 5.74) is 11.0. The standard InChI is InChI=1S/C21H26N6O.2H2/c1-2-3-4-16-13-23-18(11-17(16)22)26-19-12-20(25-15-24-19)27-8-5-21(6-9-27)7-10-28-14-21;;/h2,4,11-13,15H,5-10,14H2,1H3,(H3,22,23,24,25,26);2*1H. The number of nitrogens with one attached hydrogen (secondary N) is 1. The lowest BCUT2D eigenvalue weighted by atomic mass is 9.78. The van der Waals surface area contributed by atoms with Crippen molar-refractivity contribution in [3.8, 4) is 0 Å². The summed E-state index contributed by atoms with van der Waals surface area (Å²) in [6.07, 6.45) is 10.4. The van der Waals surface area contributed by atoms with Crippen molar-refractivity contribution in [1.29, 1.82) is 0 Å². The Labute approximate surface area is 168 Å². The van der Waals surface area contributed by atoms with Gasteiger partial charge in [-0.15, -0.1) is 5.73 Å². The van der Waals surface area contributed by atoms with Gasteiger partial charge in [0, 0.05) is 52.1 Å². The highest BCUT2D eigenvalue weighted by Crippen LogP contribution is 2.39. The van der Waals surface area contributed by atoms with E-state index in [2.05, 4.69) is 30.9 Å². The fraction of sp³-hybridized carbons (Fsp3) is 0.429. The Kier molecular flexibility index (Phi) is 5.28. The van der Waals surface area contributed by atoms with Gasteiger partial charge >= 0.3 is 0 Å². The van der Waals surface area contributed by atoms with Crippen LogP contribution in [0.4, 0.5) is 23.1 Å². The Morgan fingerprint density at radius 2 is 2.04 bits per heavy atom. The first kappa shape index (κ1) is 18.5. The predicted molar refractivity (Wildman–Crippen MR) is 116 cm³/mol. The number of nitrogens with two attached hydrogens (primary N) is 1. The van der Waals surface area contributed by atoms with Gasteiger partial charge in [-0.25, -0.2) is 15.0 Å². The first-order valence-corrected chi connectivity index (χ1v) is 9.72. The van der Waals surface area contributed by atoms with Crippen LogP contribution >= 0.6 is 0 Å². The minimum atomic E-state index is 0. The minimum Gasteiger partial charge on any atom is -0.398 e. The molecule has 2 aliphatic heterocycles. The number of hydrogen-bond donors (Lipinski definition) is 2. The molecule has 2 saturated heterocycles. The van der Waals surface area contributed by atoms with Crippen molar-refractivity contribution in [2.24, 2.45) is 5.41 Å². The Morgan fingerprint density at radius 1 is 1.21 bits per heavy atom. The van der Waals surface area contributed by atoms with E-state index in [4.69, 9.17) is 10.5 Å². The molecule has 7 heteroatoms. The van der Waals surface area contributed by atoms with Gasteiger partial charge in [0.05, 0.1) is 6.61 Å². The van der Waals surface area contributed by atoms with E-state index in [-0.39, 0.29) is 2.85 Å². The van der Waals surface area contributed by atoms with Crippen LogP contribution in [-0.2, 0) is 4.74 Å². The molecule has 0 saturated carbocycles. The molecule has 2 aromatic heterocycles. The molecule has 3 N–H and O–H groups in total. The highest BCUT2D eigenvalue weighted by Gasteiger charge is 2.38. The monoisotopic (exact) mass is 382 g/mol. The third kappa shape index (κ3) is 4.01. The molecule has 0 radical (unpaired) electrons. The maximum atomic E-state index is 6.10. The van der Waals surface area contributed by atoms with Crippen molar-refractivity contribution < 1.29 is 7.59 Å². The quantitative estimate of drug-likeness (QED) is 0.776. The third-order valence-electron chi connectivity index (χ3n) is 5.62. The maximum absolute atomic E-state index is 6.10. The van der Waals surface area contributed by atoms with Gasteiger partial charge < -0.3 is 20.7 Å². The second kappa shape index (κ2) is 8.00. The molecule has 4 heterocycles. The fourth-order valence-electron chi connectivity index (χ4n) is 3.82. The van der Waals surface area contributed by atoms with Gasteiger partial charge in [-0.3, -0.25) is 0 Å². The molecule has 1 spiro atoms. The largest absolute Gasteiger partial charge is 0.398 e. The van der Waals surface area contributed by atoms with E-state index in [9.17, 15) is 0 Å². The molecule has 4 rings (SSSR count). The molecule has 0 amide bonds. The molecule has 28 heavy (non-hydrogen) atoms. The highest BCUT2D eigenvalue weighted by atomic mass is 16.5. The van der Waals surface area contributed by atoms with Crippen LogP contribution in [0.3, 0.4) is 0 Å². The normalized spacial score (nSPS) is 18.0. The van der Waals surface area contributed by atoms with Crippen LogP contribution in [0.5, 0.6) is 0 Å². The van der Waals surface area contributed by atoms with Crippen LogP contribution in [0.2, 0.25) is 0 Å². The van der Waals surface area contributed by atoms with Crippen molar-refractivity contribution in [2.75, 3.05) is 42.3 Å². The Hall–Kier alpha value is -2.89. The van der Waals surface area contributed by atoms with Crippen LogP contribution in [-0.4, -0.2) is 41.3 Å². The SMILES string of the molecule is CC=C=Cc1cnc(Nc2cc(N3CCC4(CCOC4)CC3)ncn2)cc1N.[HH].[HH]. The van der Waals surface area contributed by atoms with Crippen LogP contribution in [0, 0.1) is 5.41 Å². The molecule has 2 aromatic rings. The molecular weight excluding hydrogens is 352 g/mol. The number of pyridine rings is 1. The van der Waals surface area contributed by atoms with E-state index < -0.39 is 0 Å². The molecule has 2 aliphatic rings. The first-order chi connectivity index (χ1) is 13.7. The molecule has 7 nitrogen and oxygen atoms in total. The van der Waals surface area contributed by atoms with Crippen LogP contribution < -0.4 is 16.0 Å². The summed E-state index contributed by atoms with van der Waals surface area (Å²) >= 11 is 0. The van der Waals surface area contributed by atoms with Crippen molar-refractivity contribution >= 4 is 29.2 Å². The first-order valence-electron chi connectivity index (χ1n) is 9.72. The molecule has 0 unspecified atom stereocenters. The molecule has 2 fully saturated rings. The summed E-state index contributed by atoms with van der Waals surface area (Å²) in [4.78, 5) is 15.5. The molecule has 0 aliphatic carbocycles. The third-order valence-corrected chi connectivity index (χ3v) is 5.62. The zero-order valence-electron chi connectivity index (χ0n) is 16.2. The smallest absolute Gasteiger partial charge is 0.137 e. The second-order valence-corrected chi connectivity index (χ2v) is 7.47. The highest BCUT2D eigenvalue weighted by molar-refractivity contribution is 5.68. The number of nitrogen functional groups attached to an aromatic ring is 1. The van der Waals surface area contributed by atoms with Gasteiger partial charge in [-0.1, -0.05) is 0 Å². The van der Waals surface area contributed by atoms with Gasteiger partial charge in [0.15, 0.2) is 0 Å². The molecule has 150 valence electrons. The van der Waals surface area contributed by atoms with E-state index in [1.807, 2.05) is 25.1 Å². The summed E-state index contributed by atoms with van der Waals surface area (Å²) in [6.45, 7) is 5.71. The average molecular weight is 383 g/mol. The van der Waals surface area contributed by atoms with E-state index in [0.717, 1.165) is 50.5 Å². The van der Waals surface area contributed by atoms with E-state index in [1.165, 1.54) is 6.42 Å². The number of rotatable bonds is 4. The molecule has 0 atom stereocenters. The van der Waals surface area contributed by atoms with E-state index in [0.29, 0.717) is 22.7 Å². The predicted octanol–water partition coefficient (Wildman–Crippen LogP) is 3.88. The number of anilines is 4. The lowest BCUT2D eigenvalue weighted by Gasteiger charge is -2.38.